The van der Waals surface area contributed by atoms with Gasteiger partial charge in [-0.25, -0.2) is 0 Å². The first-order valence-corrected chi connectivity index (χ1v) is 12.1. The third-order valence-electron chi connectivity index (χ3n) is 4.74. The number of benzene rings is 2. The van der Waals surface area contributed by atoms with Gasteiger partial charge in [-0.2, -0.15) is 0 Å². The number of carbonyl (C=O) groups is 2. The molecule has 2 aromatic carbocycles. The van der Waals surface area contributed by atoms with Gasteiger partial charge in [0.05, 0.1) is 5.75 Å². The van der Waals surface area contributed by atoms with Crippen LogP contribution in [0.4, 0.5) is 0 Å². The molecule has 0 saturated heterocycles. The number of carbonyl (C=O) groups excluding carboxylic acids is 2. The molecule has 0 fully saturated rings. The lowest BCUT2D eigenvalue weighted by atomic mass is 10.1. The van der Waals surface area contributed by atoms with Crippen LogP contribution in [0.5, 0.6) is 0 Å². The third kappa shape index (κ3) is 8.58. The van der Waals surface area contributed by atoms with Crippen LogP contribution in [-0.2, 0) is 21.9 Å². The fourth-order valence-electron chi connectivity index (χ4n) is 3.23. The second-order valence-electron chi connectivity index (χ2n) is 8.79. The normalized spacial score (nSPS) is 12.3. The van der Waals surface area contributed by atoms with Crippen molar-refractivity contribution in [2.45, 2.75) is 64.9 Å². The van der Waals surface area contributed by atoms with E-state index in [0.29, 0.717) is 29.5 Å². The highest BCUT2D eigenvalue weighted by molar-refractivity contribution is 7.99. The SMILES string of the molecule is CC[C@H](C(=O)NC(C)(C)C)N(Cc1ccc(C)cc1)C(=O)CSCc1cccc(Cl)c1. The number of nitrogens with zero attached hydrogens (tertiary/aromatic N) is 1. The highest BCUT2D eigenvalue weighted by atomic mass is 35.5. The molecule has 6 heteroatoms. The summed E-state index contributed by atoms with van der Waals surface area (Å²) in [5, 5.41) is 3.72. The fourth-order valence-corrected chi connectivity index (χ4v) is 4.30. The molecule has 0 spiro atoms. The number of nitrogens with one attached hydrogen (secondary N) is 1. The Morgan fingerprint density at radius 1 is 1.10 bits per heavy atom. The second-order valence-corrected chi connectivity index (χ2v) is 10.2. The molecule has 1 N–H and O–H groups in total. The van der Waals surface area contributed by atoms with Crippen LogP contribution in [0.2, 0.25) is 5.02 Å². The maximum absolute atomic E-state index is 13.2. The number of aryl methyl sites for hydroxylation is 1. The molecule has 168 valence electrons. The summed E-state index contributed by atoms with van der Waals surface area (Å²) in [5.74, 6) is 0.840. The maximum Gasteiger partial charge on any atom is 0.243 e. The summed E-state index contributed by atoms with van der Waals surface area (Å²) in [6, 6.07) is 15.2. The molecule has 31 heavy (non-hydrogen) atoms. The van der Waals surface area contributed by atoms with Gasteiger partial charge in [-0.05, 0) is 57.4 Å². The second kappa shape index (κ2) is 11.6. The molecular weight excluding hydrogens is 428 g/mol. The maximum atomic E-state index is 13.2. The van der Waals surface area contributed by atoms with Crippen molar-refractivity contribution in [1.29, 1.82) is 0 Å². The summed E-state index contributed by atoms with van der Waals surface area (Å²) in [5.41, 5.74) is 2.90. The summed E-state index contributed by atoms with van der Waals surface area (Å²) >= 11 is 7.59. The first-order valence-electron chi connectivity index (χ1n) is 10.6. The lowest BCUT2D eigenvalue weighted by molar-refractivity contribution is -0.140. The third-order valence-corrected chi connectivity index (χ3v) is 5.96. The quantitative estimate of drug-likeness (QED) is 0.529. The number of rotatable bonds is 9. The number of amides is 2. The van der Waals surface area contributed by atoms with E-state index in [1.54, 1.807) is 4.90 Å². The Bertz CT molecular complexity index is 878. The van der Waals surface area contributed by atoms with Crippen LogP contribution in [0, 0.1) is 6.92 Å². The number of thioether (sulfide) groups is 1. The molecule has 0 heterocycles. The number of halogens is 1. The minimum Gasteiger partial charge on any atom is -0.350 e. The van der Waals surface area contributed by atoms with Crippen molar-refractivity contribution in [3.8, 4) is 0 Å². The van der Waals surface area contributed by atoms with E-state index in [4.69, 9.17) is 11.6 Å². The van der Waals surface area contributed by atoms with Crippen LogP contribution >= 0.6 is 23.4 Å². The molecule has 0 aliphatic rings. The van der Waals surface area contributed by atoms with Gasteiger partial charge in [0, 0.05) is 22.9 Å². The molecule has 0 saturated carbocycles. The molecule has 4 nitrogen and oxygen atoms in total. The number of hydrogen-bond acceptors (Lipinski definition) is 3. The molecule has 0 aliphatic carbocycles. The minimum absolute atomic E-state index is 0.0384. The van der Waals surface area contributed by atoms with Gasteiger partial charge >= 0.3 is 0 Å². The largest absolute Gasteiger partial charge is 0.350 e. The molecule has 0 bridgehead atoms. The van der Waals surface area contributed by atoms with Gasteiger partial charge in [-0.15, -0.1) is 11.8 Å². The summed E-state index contributed by atoms with van der Waals surface area (Å²) in [4.78, 5) is 27.9. The lowest BCUT2D eigenvalue weighted by Gasteiger charge is -2.33. The van der Waals surface area contributed by atoms with Crippen molar-refractivity contribution in [1.82, 2.24) is 10.2 Å². The molecule has 0 radical (unpaired) electrons. The Balaban J connectivity index is 2.15. The summed E-state index contributed by atoms with van der Waals surface area (Å²) in [6.45, 7) is 10.2. The fraction of sp³-hybridized carbons (Fsp3) is 0.440. The van der Waals surface area contributed by atoms with Crippen LogP contribution in [-0.4, -0.2) is 34.0 Å². The van der Waals surface area contributed by atoms with E-state index in [-0.39, 0.29) is 17.4 Å². The van der Waals surface area contributed by atoms with E-state index in [9.17, 15) is 9.59 Å². The highest BCUT2D eigenvalue weighted by Gasteiger charge is 2.30. The molecule has 0 aromatic heterocycles. The van der Waals surface area contributed by atoms with Gasteiger partial charge in [-0.3, -0.25) is 9.59 Å². The summed E-state index contributed by atoms with van der Waals surface area (Å²) in [7, 11) is 0. The Labute approximate surface area is 195 Å². The molecule has 2 aromatic rings. The average molecular weight is 461 g/mol. The van der Waals surface area contributed by atoms with Gasteiger partial charge in [0.2, 0.25) is 11.8 Å². The summed E-state index contributed by atoms with van der Waals surface area (Å²) in [6.07, 6.45) is 0.554. The molecule has 1 atom stereocenters. The Kier molecular flexibility index (Phi) is 9.45. The van der Waals surface area contributed by atoms with Crippen molar-refractivity contribution in [2.24, 2.45) is 0 Å². The predicted octanol–water partition coefficient (Wildman–Crippen LogP) is 5.60. The van der Waals surface area contributed by atoms with Gasteiger partial charge < -0.3 is 10.2 Å². The van der Waals surface area contributed by atoms with Gasteiger partial charge in [0.1, 0.15) is 6.04 Å². The first-order chi connectivity index (χ1) is 14.6. The minimum atomic E-state index is -0.514. The predicted molar refractivity (Wildman–Crippen MR) is 131 cm³/mol. The smallest absolute Gasteiger partial charge is 0.243 e. The lowest BCUT2D eigenvalue weighted by Crippen LogP contribution is -2.53. The van der Waals surface area contributed by atoms with Crippen LogP contribution < -0.4 is 5.32 Å². The Morgan fingerprint density at radius 3 is 2.35 bits per heavy atom. The van der Waals surface area contributed by atoms with Gasteiger partial charge in [-0.1, -0.05) is 60.5 Å². The van der Waals surface area contributed by atoms with Crippen molar-refractivity contribution in [3.05, 3.63) is 70.2 Å². The molecule has 0 unspecified atom stereocenters. The van der Waals surface area contributed by atoms with Gasteiger partial charge in [0.15, 0.2) is 0 Å². The van der Waals surface area contributed by atoms with Crippen LogP contribution in [0.25, 0.3) is 0 Å². The standard InChI is InChI=1S/C25H33ClN2O2S/c1-6-22(24(30)27-25(3,4)5)28(15-19-12-10-18(2)11-13-19)23(29)17-31-16-20-8-7-9-21(26)14-20/h7-14,22H,6,15-17H2,1-5H3,(H,27,30)/t22-/m1/s1. The van der Waals surface area contributed by atoms with E-state index in [1.165, 1.54) is 11.8 Å². The van der Waals surface area contributed by atoms with Crippen molar-refractivity contribution < 1.29 is 9.59 Å². The van der Waals surface area contributed by atoms with Crippen molar-refractivity contribution >= 4 is 35.2 Å². The zero-order valence-corrected chi connectivity index (χ0v) is 20.6. The zero-order chi connectivity index (χ0) is 23.0. The first kappa shape index (κ1) is 25.3. The zero-order valence-electron chi connectivity index (χ0n) is 19.1. The molecule has 2 rings (SSSR count). The number of hydrogen-bond donors (Lipinski definition) is 1. The van der Waals surface area contributed by atoms with E-state index >= 15 is 0 Å². The van der Waals surface area contributed by atoms with E-state index in [1.807, 2.05) is 83.1 Å². The van der Waals surface area contributed by atoms with E-state index < -0.39 is 6.04 Å². The van der Waals surface area contributed by atoms with Crippen LogP contribution in [0.1, 0.15) is 50.8 Å². The highest BCUT2D eigenvalue weighted by Crippen LogP contribution is 2.20. The van der Waals surface area contributed by atoms with Gasteiger partial charge in [0.25, 0.3) is 0 Å². The van der Waals surface area contributed by atoms with Crippen LogP contribution in [0.15, 0.2) is 48.5 Å². The van der Waals surface area contributed by atoms with Crippen molar-refractivity contribution in [2.75, 3.05) is 5.75 Å². The summed E-state index contributed by atoms with van der Waals surface area (Å²) < 4.78 is 0. The monoisotopic (exact) mass is 460 g/mol. The topological polar surface area (TPSA) is 49.4 Å². The van der Waals surface area contributed by atoms with Crippen molar-refractivity contribution in [3.63, 3.8) is 0 Å². The molecule has 0 aliphatic heterocycles. The average Bonchev–Trinajstić information content (AvgIpc) is 2.68. The Morgan fingerprint density at radius 2 is 1.77 bits per heavy atom. The van der Waals surface area contributed by atoms with E-state index in [0.717, 1.165) is 16.7 Å². The van der Waals surface area contributed by atoms with Crippen LogP contribution in [0.3, 0.4) is 0 Å². The Hall–Kier alpha value is -1.98. The van der Waals surface area contributed by atoms with E-state index in [2.05, 4.69) is 5.32 Å². The molecular formula is C25H33ClN2O2S. The molecule has 2 amide bonds.